The molecule has 1 aliphatic heterocycles. The van der Waals surface area contributed by atoms with Gasteiger partial charge in [-0.3, -0.25) is 14.4 Å². The highest BCUT2D eigenvalue weighted by Gasteiger charge is 2.42. The summed E-state index contributed by atoms with van der Waals surface area (Å²) in [4.78, 5) is 40.6. The fraction of sp³-hybridized carbons (Fsp3) is 0.300. The Bertz CT molecular complexity index is 1230. The molecule has 0 saturated carbocycles. The lowest BCUT2D eigenvalue weighted by Gasteiger charge is -2.41. The number of benzene rings is 3. The average Bonchev–Trinajstić information content (AvgIpc) is 2.92. The van der Waals surface area contributed by atoms with E-state index in [0.717, 1.165) is 22.4 Å². The van der Waals surface area contributed by atoms with Gasteiger partial charge in [-0.05, 0) is 37.1 Å². The number of nitrogens with zero attached hydrogens (tertiary/aromatic N) is 1. The van der Waals surface area contributed by atoms with Crippen LogP contribution in [-0.4, -0.2) is 37.9 Å². The van der Waals surface area contributed by atoms with Gasteiger partial charge in [-0.2, -0.15) is 0 Å². The van der Waals surface area contributed by atoms with E-state index in [1.807, 2.05) is 85.8 Å². The third-order valence-electron chi connectivity index (χ3n) is 6.66. The van der Waals surface area contributed by atoms with E-state index in [1.54, 1.807) is 12.0 Å². The molecule has 2 unspecified atom stereocenters. The first kappa shape index (κ1) is 25.9. The summed E-state index contributed by atoms with van der Waals surface area (Å²) in [6.07, 6.45) is 0.989. The molecular weight excluding hydrogens is 466 g/mol. The number of para-hydroxylation sites is 1. The summed E-state index contributed by atoms with van der Waals surface area (Å²) in [6, 6.07) is 24.3. The monoisotopic (exact) mass is 499 g/mol. The van der Waals surface area contributed by atoms with Gasteiger partial charge in [0.2, 0.25) is 17.7 Å². The molecule has 1 heterocycles. The molecule has 7 heteroatoms. The second-order valence-corrected chi connectivity index (χ2v) is 9.23. The number of amides is 3. The van der Waals surface area contributed by atoms with Crippen LogP contribution in [0.15, 0.2) is 78.9 Å². The number of anilines is 1. The van der Waals surface area contributed by atoms with E-state index in [2.05, 4.69) is 10.6 Å². The number of carbonyl (C=O) groups excluding carboxylic acids is 3. The second kappa shape index (κ2) is 12.2. The first-order chi connectivity index (χ1) is 18.0. The Morgan fingerprint density at radius 2 is 1.59 bits per heavy atom. The normalized spacial score (nSPS) is 17.2. The molecular formula is C30H33N3O4. The van der Waals surface area contributed by atoms with E-state index in [0.29, 0.717) is 31.7 Å². The minimum absolute atomic E-state index is 0.0306. The molecule has 37 heavy (non-hydrogen) atoms. The van der Waals surface area contributed by atoms with Crippen molar-refractivity contribution in [2.75, 3.05) is 25.1 Å². The maximum absolute atomic E-state index is 13.5. The average molecular weight is 500 g/mol. The summed E-state index contributed by atoms with van der Waals surface area (Å²) in [6.45, 7) is 2.62. The maximum atomic E-state index is 13.5. The first-order valence-electron chi connectivity index (χ1n) is 12.6. The van der Waals surface area contributed by atoms with Crippen molar-refractivity contribution in [3.05, 3.63) is 95.6 Å². The van der Waals surface area contributed by atoms with Crippen LogP contribution in [0.5, 0.6) is 5.75 Å². The molecule has 3 aromatic carbocycles. The van der Waals surface area contributed by atoms with Crippen LogP contribution < -0.4 is 20.3 Å². The van der Waals surface area contributed by atoms with E-state index >= 15 is 0 Å². The topological polar surface area (TPSA) is 87.7 Å². The van der Waals surface area contributed by atoms with Crippen LogP contribution >= 0.6 is 0 Å². The number of ether oxygens (including phenoxy) is 1. The number of piperidine rings is 1. The number of aryl methyl sites for hydroxylation is 1. The lowest BCUT2D eigenvalue weighted by molar-refractivity contribution is -0.129. The number of carbonyl (C=O) groups is 3. The number of methoxy groups -OCH3 is 1. The van der Waals surface area contributed by atoms with Crippen molar-refractivity contribution >= 4 is 23.4 Å². The second-order valence-electron chi connectivity index (χ2n) is 9.23. The fourth-order valence-electron chi connectivity index (χ4n) is 4.81. The van der Waals surface area contributed by atoms with Crippen LogP contribution in [0.4, 0.5) is 5.69 Å². The van der Waals surface area contributed by atoms with Gasteiger partial charge in [-0.1, -0.05) is 66.2 Å². The SMILES string of the molecule is COc1ccccc1C1C(C(=O)NCCNC(=O)Cc2ccccc2)CCC(=O)N1c1ccc(C)cc1. The Hall–Kier alpha value is -4.13. The molecule has 1 aliphatic rings. The summed E-state index contributed by atoms with van der Waals surface area (Å²) < 4.78 is 5.62. The minimum Gasteiger partial charge on any atom is -0.496 e. The van der Waals surface area contributed by atoms with E-state index in [-0.39, 0.29) is 24.1 Å². The van der Waals surface area contributed by atoms with Gasteiger partial charge in [0.15, 0.2) is 0 Å². The van der Waals surface area contributed by atoms with Crippen LogP contribution in [0, 0.1) is 12.8 Å². The number of rotatable bonds is 9. The van der Waals surface area contributed by atoms with Gasteiger partial charge in [-0.15, -0.1) is 0 Å². The fourth-order valence-corrected chi connectivity index (χ4v) is 4.81. The molecule has 3 amide bonds. The molecule has 0 aromatic heterocycles. The highest BCUT2D eigenvalue weighted by molar-refractivity contribution is 5.97. The van der Waals surface area contributed by atoms with Crippen molar-refractivity contribution in [3.8, 4) is 5.75 Å². The third kappa shape index (κ3) is 6.36. The quantitative estimate of drug-likeness (QED) is 0.436. The van der Waals surface area contributed by atoms with Crippen LogP contribution in [-0.2, 0) is 20.8 Å². The molecule has 0 spiro atoms. The molecule has 192 valence electrons. The van der Waals surface area contributed by atoms with Crippen molar-refractivity contribution in [2.45, 2.75) is 32.2 Å². The summed E-state index contributed by atoms with van der Waals surface area (Å²) in [5.74, 6) is -0.128. The van der Waals surface area contributed by atoms with Crippen molar-refractivity contribution < 1.29 is 19.1 Å². The van der Waals surface area contributed by atoms with E-state index in [9.17, 15) is 14.4 Å². The van der Waals surface area contributed by atoms with Crippen molar-refractivity contribution in [3.63, 3.8) is 0 Å². The zero-order chi connectivity index (χ0) is 26.2. The molecule has 2 N–H and O–H groups in total. The lowest BCUT2D eigenvalue weighted by atomic mass is 9.82. The summed E-state index contributed by atoms with van der Waals surface area (Å²) in [7, 11) is 1.59. The van der Waals surface area contributed by atoms with E-state index in [1.165, 1.54) is 0 Å². The summed E-state index contributed by atoms with van der Waals surface area (Å²) >= 11 is 0. The summed E-state index contributed by atoms with van der Waals surface area (Å²) in [5, 5.41) is 5.83. The molecule has 1 fully saturated rings. The molecule has 0 radical (unpaired) electrons. The molecule has 1 saturated heterocycles. The Morgan fingerprint density at radius 1 is 0.919 bits per heavy atom. The van der Waals surface area contributed by atoms with Crippen molar-refractivity contribution in [1.29, 1.82) is 0 Å². The predicted octanol–water partition coefficient (Wildman–Crippen LogP) is 3.96. The van der Waals surface area contributed by atoms with Crippen LogP contribution in [0.1, 0.15) is 35.6 Å². The minimum atomic E-state index is -0.521. The van der Waals surface area contributed by atoms with Crippen molar-refractivity contribution in [1.82, 2.24) is 10.6 Å². The Labute approximate surface area is 217 Å². The van der Waals surface area contributed by atoms with Gasteiger partial charge in [-0.25, -0.2) is 0 Å². The van der Waals surface area contributed by atoms with Crippen molar-refractivity contribution in [2.24, 2.45) is 5.92 Å². The maximum Gasteiger partial charge on any atom is 0.227 e. The third-order valence-corrected chi connectivity index (χ3v) is 6.66. The zero-order valence-corrected chi connectivity index (χ0v) is 21.3. The van der Waals surface area contributed by atoms with Gasteiger partial charge >= 0.3 is 0 Å². The van der Waals surface area contributed by atoms with Gasteiger partial charge in [0, 0.05) is 30.8 Å². The number of hydrogen-bond donors (Lipinski definition) is 2. The van der Waals surface area contributed by atoms with Gasteiger partial charge in [0.1, 0.15) is 5.75 Å². The number of nitrogens with one attached hydrogen (secondary N) is 2. The first-order valence-corrected chi connectivity index (χ1v) is 12.6. The van der Waals surface area contributed by atoms with Gasteiger partial charge < -0.3 is 20.3 Å². The predicted molar refractivity (Wildman–Crippen MR) is 143 cm³/mol. The van der Waals surface area contributed by atoms with Crippen LogP contribution in [0.25, 0.3) is 0 Å². The van der Waals surface area contributed by atoms with Gasteiger partial charge in [0.25, 0.3) is 0 Å². The van der Waals surface area contributed by atoms with Crippen LogP contribution in [0.2, 0.25) is 0 Å². The molecule has 4 rings (SSSR count). The highest BCUT2D eigenvalue weighted by Crippen LogP contribution is 2.43. The zero-order valence-electron chi connectivity index (χ0n) is 21.3. The lowest BCUT2D eigenvalue weighted by Crippen LogP contribution is -2.49. The number of hydrogen-bond acceptors (Lipinski definition) is 4. The van der Waals surface area contributed by atoms with Gasteiger partial charge in [0.05, 0.1) is 25.5 Å². The molecule has 7 nitrogen and oxygen atoms in total. The largest absolute Gasteiger partial charge is 0.496 e. The summed E-state index contributed by atoms with van der Waals surface area (Å²) in [5.41, 5.74) is 3.56. The Morgan fingerprint density at radius 3 is 2.32 bits per heavy atom. The van der Waals surface area contributed by atoms with E-state index in [4.69, 9.17) is 4.74 Å². The van der Waals surface area contributed by atoms with E-state index < -0.39 is 12.0 Å². The molecule has 0 aliphatic carbocycles. The molecule has 0 bridgehead atoms. The Kier molecular flexibility index (Phi) is 8.56. The molecule has 3 aromatic rings. The Balaban J connectivity index is 1.49. The standard InChI is InChI=1S/C30H33N3O4/c1-21-12-14-23(15-13-21)33-28(35)17-16-25(29(33)24-10-6-7-11-26(24)37-2)30(36)32-19-18-31-27(34)20-22-8-4-3-5-9-22/h3-15,25,29H,16-20H2,1-2H3,(H,31,34)(H,32,36). The van der Waals surface area contributed by atoms with Crippen LogP contribution in [0.3, 0.4) is 0 Å². The smallest absolute Gasteiger partial charge is 0.227 e. The highest BCUT2D eigenvalue weighted by atomic mass is 16.5. The molecule has 2 atom stereocenters.